The first kappa shape index (κ1) is 16.1. The molecule has 0 aliphatic heterocycles. The van der Waals surface area contributed by atoms with Crippen LogP contribution < -0.4 is 10.6 Å². The van der Waals surface area contributed by atoms with Gasteiger partial charge in [0.15, 0.2) is 0 Å². The summed E-state index contributed by atoms with van der Waals surface area (Å²) in [5, 5.41) is 5.15. The molecule has 2 amide bonds. The highest BCUT2D eigenvalue weighted by atomic mass is 19.1. The van der Waals surface area contributed by atoms with E-state index in [4.69, 9.17) is 4.74 Å². The average Bonchev–Trinajstić information content (AvgIpc) is 2.42. The van der Waals surface area contributed by atoms with Crippen LogP contribution in [-0.2, 0) is 9.53 Å². The molecule has 2 N–H and O–H groups in total. The zero-order chi connectivity index (χ0) is 15.0. The SMILES string of the molecule is COCCNC(=O)CCNC(=O)c1cccc(C)c1F. The van der Waals surface area contributed by atoms with E-state index < -0.39 is 11.7 Å². The molecule has 1 aromatic rings. The summed E-state index contributed by atoms with van der Waals surface area (Å²) in [5.74, 6) is -1.24. The molecule has 0 fully saturated rings. The van der Waals surface area contributed by atoms with Crippen molar-refractivity contribution in [3.63, 3.8) is 0 Å². The molecule has 110 valence electrons. The molecule has 1 aromatic carbocycles. The van der Waals surface area contributed by atoms with Crippen molar-refractivity contribution in [3.05, 3.63) is 35.1 Å². The third kappa shape index (κ3) is 4.97. The van der Waals surface area contributed by atoms with Gasteiger partial charge in [-0.3, -0.25) is 9.59 Å². The van der Waals surface area contributed by atoms with Gasteiger partial charge in [0.2, 0.25) is 5.91 Å². The number of nitrogens with one attached hydrogen (secondary N) is 2. The smallest absolute Gasteiger partial charge is 0.254 e. The minimum Gasteiger partial charge on any atom is -0.383 e. The molecule has 0 bridgehead atoms. The Labute approximate surface area is 117 Å². The lowest BCUT2D eigenvalue weighted by Crippen LogP contribution is -2.32. The van der Waals surface area contributed by atoms with E-state index in [-0.39, 0.29) is 24.4 Å². The number of rotatable bonds is 7. The van der Waals surface area contributed by atoms with Crippen molar-refractivity contribution in [2.45, 2.75) is 13.3 Å². The highest BCUT2D eigenvalue weighted by molar-refractivity contribution is 5.94. The van der Waals surface area contributed by atoms with Crippen molar-refractivity contribution in [1.29, 1.82) is 0 Å². The predicted octanol–water partition coefficient (Wildman–Crippen LogP) is 1.02. The van der Waals surface area contributed by atoms with E-state index in [1.807, 2.05) is 0 Å². The number of halogens is 1. The number of aryl methyl sites for hydroxylation is 1. The Hall–Kier alpha value is -1.95. The van der Waals surface area contributed by atoms with Gasteiger partial charge in [0.1, 0.15) is 5.82 Å². The molecule has 0 unspecified atom stereocenters. The third-order valence-electron chi connectivity index (χ3n) is 2.70. The first-order valence-corrected chi connectivity index (χ1v) is 6.35. The summed E-state index contributed by atoms with van der Waals surface area (Å²) in [7, 11) is 1.54. The van der Waals surface area contributed by atoms with Crippen LogP contribution in [0.5, 0.6) is 0 Å². The molecule has 0 radical (unpaired) electrons. The highest BCUT2D eigenvalue weighted by Crippen LogP contribution is 2.11. The number of methoxy groups -OCH3 is 1. The van der Waals surface area contributed by atoms with Crippen LogP contribution in [-0.4, -0.2) is 38.6 Å². The topological polar surface area (TPSA) is 67.4 Å². The number of hydrogen-bond donors (Lipinski definition) is 2. The zero-order valence-electron chi connectivity index (χ0n) is 11.7. The molecule has 0 saturated carbocycles. The van der Waals surface area contributed by atoms with Crippen molar-refractivity contribution in [2.75, 3.05) is 26.8 Å². The molecule has 0 aliphatic rings. The zero-order valence-corrected chi connectivity index (χ0v) is 11.7. The number of benzene rings is 1. The van der Waals surface area contributed by atoms with Gasteiger partial charge in [-0.05, 0) is 18.6 Å². The summed E-state index contributed by atoms with van der Waals surface area (Å²) in [6, 6.07) is 4.62. The Morgan fingerprint density at radius 1 is 1.25 bits per heavy atom. The number of carbonyl (C=O) groups excluding carboxylic acids is 2. The first-order valence-electron chi connectivity index (χ1n) is 6.35. The maximum Gasteiger partial charge on any atom is 0.254 e. The summed E-state index contributed by atoms with van der Waals surface area (Å²) in [4.78, 5) is 23.1. The van der Waals surface area contributed by atoms with E-state index in [0.29, 0.717) is 18.7 Å². The second-order valence-corrected chi connectivity index (χ2v) is 4.29. The van der Waals surface area contributed by atoms with Crippen LogP contribution in [0.15, 0.2) is 18.2 Å². The minimum absolute atomic E-state index is 0.00945. The number of carbonyl (C=O) groups is 2. The van der Waals surface area contributed by atoms with Gasteiger partial charge >= 0.3 is 0 Å². The highest BCUT2D eigenvalue weighted by Gasteiger charge is 2.12. The summed E-state index contributed by atoms with van der Waals surface area (Å²) in [6.45, 7) is 2.61. The van der Waals surface area contributed by atoms with Crippen molar-refractivity contribution < 1.29 is 18.7 Å². The minimum atomic E-state index is -0.533. The largest absolute Gasteiger partial charge is 0.383 e. The fourth-order valence-corrected chi connectivity index (χ4v) is 1.59. The van der Waals surface area contributed by atoms with Gasteiger partial charge < -0.3 is 15.4 Å². The van der Waals surface area contributed by atoms with Crippen molar-refractivity contribution >= 4 is 11.8 Å². The fourth-order valence-electron chi connectivity index (χ4n) is 1.59. The maximum atomic E-state index is 13.7. The Balaban J connectivity index is 2.37. The summed E-state index contributed by atoms with van der Waals surface area (Å²) in [6.07, 6.45) is 0.142. The van der Waals surface area contributed by atoms with E-state index in [2.05, 4.69) is 10.6 Å². The van der Waals surface area contributed by atoms with E-state index in [1.54, 1.807) is 26.2 Å². The Morgan fingerprint density at radius 3 is 2.70 bits per heavy atom. The van der Waals surface area contributed by atoms with Crippen LogP contribution in [0.1, 0.15) is 22.3 Å². The molecule has 0 saturated heterocycles. The van der Waals surface area contributed by atoms with Crippen molar-refractivity contribution in [2.24, 2.45) is 0 Å². The van der Waals surface area contributed by atoms with Crippen LogP contribution >= 0.6 is 0 Å². The molecule has 1 rings (SSSR count). The van der Waals surface area contributed by atoms with Crippen LogP contribution in [0.25, 0.3) is 0 Å². The molecule has 0 heterocycles. The van der Waals surface area contributed by atoms with Crippen LogP contribution in [0, 0.1) is 12.7 Å². The second-order valence-electron chi connectivity index (χ2n) is 4.29. The van der Waals surface area contributed by atoms with E-state index >= 15 is 0 Å². The summed E-state index contributed by atoms with van der Waals surface area (Å²) >= 11 is 0. The summed E-state index contributed by atoms with van der Waals surface area (Å²) in [5.41, 5.74) is 0.403. The van der Waals surface area contributed by atoms with Crippen LogP contribution in [0.3, 0.4) is 0 Å². The summed E-state index contributed by atoms with van der Waals surface area (Å²) < 4.78 is 18.5. The van der Waals surface area contributed by atoms with Crippen LogP contribution in [0.2, 0.25) is 0 Å². The molecule has 6 heteroatoms. The van der Waals surface area contributed by atoms with Gasteiger partial charge in [-0.15, -0.1) is 0 Å². The van der Waals surface area contributed by atoms with Crippen molar-refractivity contribution in [3.8, 4) is 0 Å². The van der Waals surface area contributed by atoms with Gasteiger partial charge in [0.25, 0.3) is 5.91 Å². The number of amides is 2. The van der Waals surface area contributed by atoms with Crippen molar-refractivity contribution in [1.82, 2.24) is 10.6 Å². The van der Waals surface area contributed by atoms with Crippen LogP contribution in [0.4, 0.5) is 4.39 Å². The molecule has 0 atom stereocenters. The molecular formula is C14H19FN2O3. The molecule has 5 nitrogen and oxygen atoms in total. The van der Waals surface area contributed by atoms with E-state index in [9.17, 15) is 14.0 Å². The lowest BCUT2D eigenvalue weighted by atomic mass is 10.1. The Kier molecular flexibility index (Phi) is 6.66. The van der Waals surface area contributed by atoms with Gasteiger partial charge in [-0.25, -0.2) is 4.39 Å². The van der Waals surface area contributed by atoms with E-state index in [0.717, 1.165) is 0 Å². The molecule has 0 aromatic heterocycles. The normalized spacial score (nSPS) is 10.2. The van der Waals surface area contributed by atoms with E-state index in [1.165, 1.54) is 6.07 Å². The molecule has 20 heavy (non-hydrogen) atoms. The Bertz CT molecular complexity index is 477. The van der Waals surface area contributed by atoms with Gasteiger partial charge in [-0.2, -0.15) is 0 Å². The predicted molar refractivity (Wildman–Crippen MR) is 73.0 cm³/mol. The number of ether oxygens (including phenoxy) is 1. The maximum absolute atomic E-state index is 13.7. The first-order chi connectivity index (χ1) is 9.56. The Morgan fingerprint density at radius 2 is 2.00 bits per heavy atom. The van der Waals surface area contributed by atoms with Gasteiger partial charge in [0, 0.05) is 26.6 Å². The molecule has 0 aliphatic carbocycles. The standard InChI is InChI=1S/C14H19FN2O3/c1-10-4-3-5-11(13(10)15)14(19)17-7-6-12(18)16-8-9-20-2/h3-5H,6-9H2,1-2H3,(H,16,18)(H,17,19). The van der Waals surface area contributed by atoms with Gasteiger partial charge in [-0.1, -0.05) is 12.1 Å². The second kappa shape index (κ2) is 8.27. The molecular weight excluding hydrogens is 263 g/mol. The fraction of sp³-hybridized carbons (Fsp3) is 0.429. The third-order valence-corrected chi connectivity index (χ3v) is 2.70. The molecule has 0 spiro atoms. The monoisotopic (exact) mass is 282 g/mol. The lowest BCUT2D eigenvalue weighted by molar-refractivity contribution is -0.121. The average molecular weight is 282 g/mol. The quantitative estimate of drug-likeness (QED) is 0.734. The number of hydrogen-bond acceptors (Lipinski definition) is 3. The lowest BCUT2D eigenvalue weighted by Gasteiger charge is -2.08. The van der Waals surface area contributed by atoms with Gasteiger partial charge in [0.05, 0.1) is 12.2 Å².